The lowest BCUT2D eigenvalue weighted by atomic mass is 10.1. The van der Waals surface area contributed by atoms with E-state index in [0.717, 1.165) is 4.90 Å². The molecule has 1 amide bonds. The summed E-state index contributed by atoms with van der Waals surface area (Å²) in [6.45, 7) is 3.36. The molecule has 0 atom stereocenters. The number of halogens is 1. The summed E-state index contributed by atoms with van der Waals surface area (Å²) >= 11 is 1.33. The van der Waals surface area contributed by atoms with Crippen molar-refractivity contribution < 1.29 is 18.9 Å². The smallest absolute Gasteiger partial charge is 0.269 e. The zero-order valence-corrected chi connectivity index (χ0v) is 16.7. The van der Waals surface area contributed by atoms with Crippen molar-refractivity contribution in [1.29, 1.82) is 0 Å². The van der Waals surface area contributed by atoms with Crippen LogP contribution in [0, 0.1) is 15.9 Å². The fourth-order valence-corrected chi connectivity index (χ4v) is 3.88. The number of hydrogen-bond donors (Lipinski definition) is 0. The van der Waals surface area contributed by atoms with Crippen molar-refractivity contribution in [1.82, 2.24) is 4.90 Å². The first kappa shape index (κ1) is 20.8. The van der Waals surface area contributed by atoms with Crippen molar-refractivity contribution >= 4 is 34.8 Å². The maximum absolute atomic E-state index is 14.3. The number of Topliss-reactive ketones (excluding diaryl/α,β-unsaturated/α-hetero) is 1. The largest absolute Gasteiger partial charge is 0.366 e. The number of nitro benzene ring substituents is 1. The maximum Gasteiger partial charge on any atom is 0.269 e. The van der Waals surface area contributed by atoms with E-state index in [0.29, 0.717) is 37.4 Å². The van der Waals surface area contributed by atoms with Crippen molar-refractivity contribution in [3.8, 4) is 0 Å². The molecule has 0 saturated carbocycles. The summed E-state index contributed by atoms with van der Waals surface area (Å²) in [5.74, 6) is -0.414. The number of nitrogens with zero attached hydrogens (tertiary/aromatic N) is 3. The minimum atomic E-state index is -0.463. The predicted molar refractivity (Wildman–Crippen MR) is 109 cm³/mol. The molecule has 2 aromatic carbocycles. The van der Waals surface area contributed by atoms with Gasteiger partial charge in [0.2, 0.25) is 5.91 Å². The zero-order chi connectivity index (χ0) is 21.0. The van der Waals surface area contributed by atoms with Crippen molar-refractivity contribution in [2.24, 2.45) is 0 Å². The lowest BCUT2D eigenvalue weighted by molar-refractivity contribution is -0.384. The molecule has 1 fully saturated rings. The number of amides is 1. The van der Waals surface area contributed by atoms with Gasteiger partial charge >= 0.3 is 0 Å². The topological polar surface area (TPSA) is 83.8 Å². The highest BCUT2D eigenvalue weighted by atomic mass is 32.2. The molecule has 2 aromatic rings. The molecule has 9 heteroatoms. The molecule has 7 nitrogen and oxygen atoms in total. The summed E-state index contributed by atoms with van der Waals surface area (Å²) in [7, 11) is 0. The molecule has 1 heterocycles. The van der Waals surface area contributed by atoms with Crippen LogP contribution < -0.4 is 4.90 Å². The number of anilines is 1. The summed E-state index contributed by atoms with van der Waals surface area (Å²) in [6, 6.07) is 10.5. The number of hydrogen-bond acceptors (Lipinski definition) is 6. The number of nitro groups is 1. The van der Waals surface area contributed by atoms with Crippen LogP contribution in [0.15, 0.2) is 47.4 Å². The second-order valence-electron chi connectivity index (χ2n) is 6.63. The molecule has 3 rings (SSSR count). The first-order valence-electron chi connectivity index (χ1n) is 9.05. The van der Waals surface area contributed by atoms with Crippen LogP contribution in [0.4, 0.5) is 15.8 Å². The van der Waals surface area contributed by atoms with Gasteiger partial charge in [-0.25, -0.2) is 4.39 Å². The van der Waals surface area contributed by atoms with Crippen molar-refractivity contribution in [2.45, 2.75) is 11.8 Å². The van der Waals surface area contributed by atoms with E-state index in [9.17, 15) is 24.1 Å². The monoisotopic (exact) mass is 417 g/mol. The molecule has 0 bridgehead atoms. The van der Waals surface area contributed by atoms with Gasteiger partial charge in [0.1, 0.15) is 5.82 Å². The molecule has 29 heavy (non-hydrogen) atoms. The van der Waals surface area contributed by atoms with Crippen LogP contribution in [-0.4, -0.2) is 53.4 Å². The van der Waals surface area contributed by atoms with Crippen molar-refractivity contribution in [3.05, 3.63) is 64.0 Å². The van der Waals surface area contributed by atoms with E-state index in [1.54, 1.807) is 29.2 Å². The maximum atomic E-state index is 14.3. The Kier molecular flexibility index (Phi) is 6.48. The van der Waals surface area contributed by atoms with E-state index in [-0.39, 0.29) is 23.1 Å². The van der Waals surface area contributed by atoms with E-state index >= 15 is 0 Å². The quantitative estimate of drug-likeness (QED) is 0.310. The first-order chi connectivity index (χ1) is 13.8. The Labute approximate surface area is 171 Å². The van der Waals surface area contributed by atoms with E-state index in [2.05, 4.69) is 0 Å². The third kappa shape index (κ3) is 5.11. The average Bonchev–Trinajstić information content (AvgIpc) is 2.72. The molecule has 0 radical (unpaired) electrons. The van der Waals surface area contributed by atoms with Gasteiger partial charge in [0.25, 0.3) is 5.69 Å². The van der Waals surface area contributed by atoms with Crippen LogP contribution in [0.5, 0.6) is 0 Å². The van der Waals surface area contributed by atoms with Crippen LogP contribution in [-0.2, 0) is 4.79 Å². The van der Waals surface area contributed by atoms with Gasteiger partial charge in [0, 0.05) is 48.8 Å². The highest BCUT2D eigenvalue weighted by Gasteiger charge is 2.23. The van der Waals surface area contributed by atoms with Crippen LogP contribution in [0.2, 0.25) is 0 Å². The molecule has 0 aliphatic carbocycles. The van der Waals surface area contributed by atoms with E-state index in [1.165, 1.54) is 36.9 Å². The van der Waals surface area contributed by atoms with Gasteiger partial charge in [-0.2, -0.15) is 0 Å². The average molecular weight is 417 g/mol. The normalized spacial score (nSPS) is 14.0. The Bertz CT molecular complexity index is 928. The highest BCUT2D eigenvalue weighted by Crippen LogP contribution is 2.24. The lowest BCUT2D eigenvalue weighted by Gasteiger charge is -2.36. The van der Waals surface area contributed by atoms with Gasteiger partial charge in [-0.3, -0.25) is 19.7 Å². The Morgan fingerprint density at radius 2 is 1.76 bits per heavy atom. The Balaban J connectivity index is 1.51. The molecule has 0 N–H and O–H groups in total. The lowest BCUT2D eigenvalue weighted by Crippen LogP contribution is -2.49. The summed E-state index contributed by atoms with van der Waals surface area (Å²) < 4.78 is 14.3. The van der Waals surface area contributed by atoms with Crippen LogP contribution in [0.3, 0.4) is 0 Å². The second-order valence-corrected chi connectivity index (χ2v) is 7.68. The molecule has 0 aromatic heterocycles. The molecule has 1 saturated heterocycles. The van der Waals surface area contributed by atoms with Gasteiger partial charge < -0.3 is 9.80 Å². The number of non-ortho nitro benzene ring substituents is 1. The molecular weight excluding hydrogens is 397 g/mol. The van der Waals surface area contributed by atoms with E-state index < -0.39 is 10.7 Å². The molecule has 0 unspecified atom stereocenters. The summed E-state index contributed by atoms with van der Waals surface area (Å²) in [5.41, 5.74) is 0.783. The molecule has 1 aliphatic heterocycles. The third-order valence-electron chi connectivity index (χ3n) is 4.74. The van der Waals surface area contributed by atoms with Gasteiger partial charge in [0.05, 0.1) is 16.4 Å². The van der Waals surface area contributed by atoms with Crippen LogP contribution >= 0.6 is 11.8 Å². The highest BCUT2D eigenvalue weighted by molar-refractivity contribution is 8.00. The van der Waals surface area contributed by atoms with E-state index in [4.69, 9.17) is 0 Å². The fourth-order valence-electron chi connectivity index (χ4n) is 3.08. The SMILES string of the molecule is CC(=O)c1ccc(N2CCN(C(=O)CSc3ccc([N+](=O)[O-])cc3)CC2)c(F)c1. The molecular formula is C20H20FN3O4S. The molecule has 152 valence electrons. The van der Waals surface area contributed by atoms with E-state index in [1.807, 2.05) is 4.90 Å². The van der Waals surface area contributed by atoms with Crippen molar-refractivity contribution in [2.75, 3.05) is 36.8 Å². The van der Waals surface area contributed by atoms with Crippen LogP contribution in [0.1, 0.15) is 17.3 Å². The number of ketones is 1. The van der Waals surface area contributed by atoms with Gasteiger partial charge in [-0.05, 0) is 37.3 Å². The number of piperazine rings is 1. The standard InChI is InChI=1S/C20H20FN3O4S/c1-14(25)15-2-7-19(18(21)12-15)22-8-10-23(11-9-22)20(26)13-29-17-5-3-16(4-6-17)24(27)28/h2-7,12H,8-11,13H2,1H3. The Morgan fingerprint density at radius 1 is 1.10 bits per heavy atom. The van der Waals surface area contributed by atoms with Gasteiger partial charge in [0.15, 0.2) is 5.78 Å². The van der Waals surface area contributed by atoms with Gasteiger partial charge in [-0.1, -0.05) is 0 Å². The molecule has 1 aliphatic rings. The minimum Gasteiger partial charge on any atom is -0.366 e. The third-order valence-corrected chi connectivity index (χ3v) is 5.73. The predicted octanol–water partition coefficient (Wildman–Crippen LogP) is 3.38. The first-order valence-corrected chi connectivity index (χ1v) is 10.0. The number of thioether (sulfide) groups is 1. The van der Waals surface area contributed by atoms with Gasteiger partial charge in [-0.15, -0.1) is 11.8 Å². The second kappa shape index (κ2) is 9.04. The molecule has 0 spiro atoms. The number of carbonyl (C=O) groups excluding carboxylic acids is 2. The number of carbonyl (C=O) groups is 2. The Hall–Kier alpha value is -2.94. The zero-order valence-electron chi connectivity index (χ0n) is 15.8. The summed E-state index contributed by atoms with van der Waals surface area (Å²) in [6.07, 6.45) is 0. The fraction of sp³-hybridized carbons (Fsp3) is 0.300. The number of benzene rings is 2. The Morgan fingerprint density at radius 3 is 2.31 bits per heavy atom. The van der Waals surface area contributed by atoms with Crippen LogP contribution in [0.25, 0.3) is 0 Å². The van der Waals surface area contributed by atoms with Crippen molar-refractivity contribution in [3.63, 3.8) is 0 Å². The number of rotatable bonds is 6. The summed E-state index contributed by atoms with van der Waals surface area (Å²) in [5, 5.41) is 10.7. The summed E-state index contributed by atoms with van der Waals surface area (Å²) in [4.78, 5) is 38.4. The minimum absolute atomic E-state index is 0.0142.